The lowest BCUT2D eigenvalue weighted by Crippen LogP contribution is -2.31. The molecule has 2 aliphatic rings. The number of aryl methyl sites for hydroxylation is 1. The molecule has 2 amide bonds. The van der Waals surface area contributed by atoms with Crippen molar-refractivity contribution in [3.05, 3.63) is 83.6 Å². The van der Waals surface area contributed by atoms with E-state index in [9.17, 15) is 14.4 Å². The molecule has 8 nitrogen and oxygen atoms in total. The number of nitrogens with two attached hydrogens (primary N) is 1. The predicted molar refractivity (Wildman–Crippen MR) is 173 cm³/mol. The van der Waals surface area contributed by atoms with Crippen LogP contribution in [0.15, 0.2) is 66.9 Å². The van der Waals surface area contributed by atoms with E-state index in [0.717, 1.165) is 71.7 Å². The molecule has 0 aliphatic heterocycles. The first-order valence-corrected chi connectivity index (χ1v) is 15.8. The second kappa shape index (κ2) is 13.1. The topological polar surface area (TPSA) is 130 Å². The SMILES string of the molecule is Cc1cc(C(=O)NC2CC2)ccc1-c1ccc(C[C@H](CC(=O)C2CCC(CN)CC2)C(=O)Nc2ccc3cn[nH]c3c2)cc1. The number of hydrogen-bond donors (Lipinski definition) is 4. The summed E-state index contributed by atoms with van der Waals surface area (Å²) in [6, 6.07) is 20.0. The molecule has 0 saturated heterocycles. The number of carbonyl (C=O) groups excluding carboxylic acids is 3. The monoisotopic (exact) mass is 591 g/mol. The van der Waals surface area contributed by atoms with Crippen molar-refractivity contribution in [1.29, 1.82) is 0 Å². The van der Waals surface area contributed by atoms with Gasteiger partial charge in [0.15, 0.2) is 0 Å². The number of Topliss-reactive ketones (excluding diaryl/α,β-unsaturated/α-hetero) is 1. The molecule has 4 aromatic rings. The van der Waals surface area contributed by atoms with Crippen molar-refractivity contribution < 1.29 is 14.4 Å². The van der Waals surface area contributed by atoms with Gasteiger partial charge < -0.3 is 16.4 Å². The van der Waals surface area contributed by atoms with Crippen molar-refractivity contribution in [3.63, 3.8) is 0 Å². The highest BCUT2D eigenvalue weighted by Crippen LogP contribution is 2.32. The van der Waals surface area contributed by atoms with Crippen LogP contribution in [0.5, 0.6) is 0 Å². The third-order valence-electron chi connectivity index (χ3n) is 9.31. The zero-order valence-corrected chi connectivity index (χ0v) is 25.3. The molecule has 5 N–H and O–H groups in total. The van der Waals surface area contributed by atoms with Crippen molar-refractivity contribution in [2.45, 2.75) is 64.3 Å². The summed E-state index contributed by atoms with van der Waals surface area (Å²) in [4.78, 5) is 39.6. The van der Waals surface area contributed by atoms with Gasteiger partial charge in [-0.15, -0.1) is 0 Å². The summed E-state index contributed by atoms with van der Waals surface area (Å²) in [5.74, 6) is -0.0178. The number of ketones is 1. The zero-order valence-electron chi connectivity index (χ0n) is 25.3. The number of aromatic amines is 1. The van der Waals surface area contributed by atoms with E-state index in [1.54, 1.807) is 6.20 Å². The maximum atomic E-state index is 13.7. The van der Waals surface area contributed by atoms with Gasteiger partial charge in [-0.25, -0.2) is 0 Å². The Morgan fingerprint density at radius 2 is 1.73 bits per heavy atom. The normalized spacial score (nSPS) is 19.0. The van der Waals surface area contributed by atoms with Gasteiger partial charge >= 0.3 is 0 Å². The number of rotatable bonds is 11. The minimum Gasteiger partial charge on any atom is -0.349 e. The Morgan fingerprint density at radius 3 is 2.43 bits per heavy atom. The van der Waals surface area contributed by atoms with Crippen LogP contribution in [-0.4, -0.2) is 40.4 Å². The van der Waals surface area contributed by atoms with Crippen LogP contribution in [0.2, 0.25) is 0 Å². The van der Waals surface area contributed by atoms with Crippen LogP contribution in [0, 0.1) is 24.7 Å². The fourth-order valence-electron chi connectivity index (χ4n) is 6.38. The van der Waals surface area contributed by atoms with Crippen molar-refractivity contribution >= 4 is 34.2 Å². The van der Waals surface area contributed by atoms with Gasteiger partial charge in [-0.1, -0.05) is 30.3 Å². The summed E-state index contributed by atoms with van der Waals surface area (Å²) in [6.07, 6.45) is 8.17. The summed E-state index contributed by atoms with van der Waals surface area (Å²) in [6.45, 7) is 2.69. The lowest BCUT2D eigenvalue weighted by molar-refractivity contribution is -0.129. The minimum atomic E-state index is -0.496. The fraction of sp³-hybridized carbons (Fsp3) is 0.389. The highest BCUT2D eigenvalue weighted by molar-refractivity contribution is 5.98. The van der Waals surface area contributed by atoms with Crippen LogP contribution in [0.4, 0.5) is 5.69 Å². The van der Waals surface area contributed by atoms with E-state index in [0.29, 0.717) is 36.2 Å². The first kappa shape index (κ1) is 29.8. The standard InChI is InChI=1S/C36H41N5O3/c1-22-16-27(35(43)39-30-13-14-30)11-15-32(22)25-6-2-23(3-7-25)17-29(18-34(42)26-8-4-24(20-37)5-9-26)36(44)40-31-12-10-28-21-38-41-33(28)19-31/h2-3,6-7,10-12,15-16,19,21,24,26,29-30H,4-5,8-9,13-14,17-18,20,37H2,1H3,(H,38,41)(H,39,43)(H,40,44)/t24?,26?,29-/m1/s1. The Bertz CT molecular complexity index is 1650. The first-order chi connectivity index (χ1) is 21.4. The van der Waals surface area contributed by atoms with Gasteiger partial charge in [-0.3, -0.25) is 19.5 Å². The number of aromatic nitrogens is 2. The van der Waals surface area contributed by atoms with Gasteiger partial charge in [0.25, 0.3) is 5.91 Å². The van der Waals surface area contributed by atoms with E-state index >= 15 is 0 Å². The van der Waals surface area contributed by atoms with Crippen LogP contribution in [-0.2, 0) is 16.0 Å². The van der Waals surface area contributed by atoms with E-state index in [4.69, 9.17) is 5.73 Å². The molecule has 2 fully saturated rings. The third-order valence-corrected chi connectivity index (χ3v) is 9.31. The highest BCUT2D eigenvalue weighted by Gasteiger charge is 2.30. The average Bonchev–Trinajstić information content (AvgIpc) is 3.73. The number of anilines is 1. The molecule has 0 unspecified atom stereocenters. The van der Waals surface area contributed by atoms with Gasteiger partial charge in [0, 0.05) is 40.9 Å². The molecule has 2 aliphatic carbocycles. The maximum Gasteiger partial charge on any atom is 0.251 e. The summed E-state index contributed by atoms with van der Waals surface area (Å²) < 4.78 is 0. The lowest BCUT2D eigenvalue weighted by Gasteiger charge is -2.27. The summed E-state index contributed by atoms with van der Waals surface area (Å²) >= 11 is 0. The van der Waals surface area contributed by atoms with Crippen molar-refractivity contribution in [2.75, 3.05) is 11.9 Å². The average molecular weight is 592 g/mol. The summed E-state index contributed by atoms with van der Waals surface area (Å²) in [7, 11) is 0. The fourth-order valence-corrected chi connectivity index (χ4v) is 6.38. The van der Waals surface area contributed by atoms with Crippen LogP contribution >= 0.6 is 0 Å². The molecule has 0 radical (unpaired) electrons. The molecule has 8 heteroatoms. The van der Waals surface area contributed by atoms with E-state index in [2.05, 4.69) is 33.0 Å². The molecule has 3 aromatic carbocycles. The molecule has 228 valence electrons. The second-order valence-corrected chi connectivity index (χ2v) is 12.7. The number of nitrogens with zero attached hydrogens (tertiary/aromatic N) is 1. The first-order valence-electron chi connectivity index (χ1n) is 15.8. The predicted octanol–water partition coefficient (Wildman–Crippen LogP) is 5.95. The van der Waals surface area contributed by atoms with Crippen LogP contribution in [0.25, 0.3) is 22.0 Å². The number of benzene rings is 3. The number of fused-ring (bicyclic) bond motifs is 1. The molecule has 0 spiro atoms. The van der Waals surface area contributed by atoms with E-state index in [1.165, 1.54) is 0 Å². The van der Waals surface area contributed by atoms with Crippen LogP contribution in [0.3, 0.4) is 0 Å². The minimum absolute atomic E-state index is 0.00544. The second-order valence-electron chi connectivity index (χ2n) is 12.7. The zero-order chi connectivity index (χ0) is 30.6. The van der Waals surface area contributed by atoms with Gasteiger partial charge in [-0.05, 0) is 117 Å². The van der Waals surface area contributed by atoms with Gasteiger partial charge in [0.2, 0.25) is 5.91 Å². The van der Waals surface area contributed by atoms with E-state index in [1.807, 2.05) is 55.5 Å². The van der Waals surface area contributed by atoms with Crippen molar-refractivity contribution in [2.24, 2.45) is 23.5 Å². The van der Waals surface area contributed by atoms with E-state index < -0.39 is 5.92 Å². The number of H-pyrrole nitrogens is 1. The smallest absolute Gasteiger partial charge is 0.251 e. The highest BCUT2D eigenvalue weighted by atomic mass is 16.2. The summed E-state index contributed by atoms with van der Waals surface area (Å²) in [5.41, 5.74) is 12.2. The Labute approximate surface area is 258 Å². The van der Waals surface area contributed by atoms with Crippen molar-refractivity contribution in [1.82, 2.24) is 15.5 Å². The molecule has 0 bridgehead atoms. The maximum absolute atomic E-state index is 13.7. The van der Waals surface area contributed by atoms with Gasteiger partial charge in [-0.2, -0.15) is 5.10 Å². The Hall–Kier alpha value is -4.30. The van der Waals surface area contributed by atoms with Gasteiger partial charge in [0.1, 0.15) is 5.78 Å². The van der Waals surface area contributed by atoms with Crippen molar-refractivity contribution in [3.8, 4) is 11.1 Å². The third kappa shape index (κ3) is 7.08. The Balaban J connectivity index is 1.16. The number of hydrogen-bond acceptors (Lipinski definition) is 5. The molecular formula is C36H41N5O3. The molecule has 44 heavy (non-hydrogen) atoms. The molecule has 6 rings (SSSR count). The van der Waals surface area contributed by atoms with Gasteiger partial charge in [0.05, 0.1) is 11.7 Å². The lowest BCUT2D eigenvalue weighted by atomic mass is 9.77. The number of nitrogens with one attached hydrogen (secondary N) is 3. The molecule has 2 saturated carbocycles. The Morgan fingerprint density at radius 1 is 0.955 bits per heavy atom. The van der Waals surface area contributed by atoms with Crippen LogP contribution in [0.1, 0.15) is 66.4 Å². The molecule has 1 aromatic heterocycles. The number of amides is 2. The molecular weight excluding hydrogens is 550 g/mol. The quantitative estimate of drug-likeness (QED) is 0.171. The largest absolute Gasteiger partial charge is 0.349 e. The molecule has 1 atom stereocenters. The summed E-state index contributed by atoms with van der Waals surface area (Å²) in [5, 5.41) is 14.1. The van der Waals surface area contributed by atoms with Crippen LogP contribution < -0.4 is 16.4 Å². The Kier molecular flexibility index (Phi) is 8.89. The molecule has 1 heterocycles. The number of carbonyl (C=O) groups is 3. The van der Waals surface area contributed by atoms with E-state index in [-0.39, 0.29) is 29.9 Å².